The van der Waals surface area contributed by atoms with E-state index in [4.69, 9.17) is 4.74 Å². The van der Waals surface area contributed by atoms with Gasteiger partial charge in [-0.25, -0.2) is 9.18 Å². The number of benzene rings is 2. The van der Waals surface area contributed by atoms with E-state index in [0.717, 1.165) is 27.7 Å². The molecular weight excluding hydrogens is 293 g/mol. The van der Waals surface area contributed by atoms with E-state index in [1.54, 1.807) is 25.1 Å². The summed E-state index contributed by atoms with van der Waals surface area (Å²) >= 11 is 0. The Labute approximate surface area is 133 Å². The van der Waals surface area contributed by atoms with Crippen LogP contribution in [0, 0.1) is 5.82 Å². The third-order valence-corrected chi connectivity index (χ3v) is 3.54. The number of carbonyl (C=O) groups excluding carboxylic acids is 1. The van der Waals surface area contributed by atoms with Crippen molar-refractivity contribution < 1.29 is 13.9 Å². The fourth-order valence-electron chi connectivity index (χ4n) is 2.56. The minimum atomic E-state index is -0.392. The molecule has 0 aliphatic heterocycles. The summed E-state index contributed by atoms with van der Waals surface area (Å²) in [5.41, 5.74) is 3.55. The molecule has 0 spiro atoms. The average Bonchev–Trinajstić information content (AvgIpc) is 2.92. The van der Waals surface area contributed by atoms with E-state index in [0.29, 0.717) is 6.61 Å². The third-order valence-electron chi connectivity index (χ3n) is 3.54. The monoisotopic (exact) mass is 309 g/mol. The van der Waals surface area contributed by atoms with E-state index in [-0.39, 0.29) is 5.82 Å². The molecule has 0 atom stereocenters. The molecule has 116 valence electrons. The van der Waals surface area contributed by atoms with Crippen LogP contribution < -0.4 is 0 Å². The van der Waals surface area contributed by atoms with Gasteiger partial charge < -0.3 is 9.72 Å². The molecule has 0 aliphatic carbocycles. The van der Waals surface area contributed by atoms with Crippen LogP contribution in [-0.2, 0) is 9.53 Å². The van der Waals surface area contributed by atoms with Crippen LogP contribution >= 0.6 is 0 Å². The number of carbonyl (C=O) groups is 1. The molecule has 3 nitrogen and oxygen atoms in total. The predicted molar refractivity (Wildman–Crippen MR) is 89.4 cm³/mol. The maximum Gasteiger partial charge on any atom is 0.330 e. The third kappa shape index (κ3) is 3.16. The van der Waals surface area contributed by atoms with Crippen LogP contribution in [-0.4, -0.2) is 17.6 Å². The zero-order valence-corrected chi connectivity index (χ0v) is 12.7. The van der Waals surface area contributed by atoms with Crippen molar-refractivity contribution in [3.63, 3.8) is 0 Å². The summed E-state index contributed by atoms with van der Waals surface area (Å²) < 4.78 is 18.1. The Kier molecular flexibility index (Phi) is 4.24. The summed E-state index contributed by atoms with van der Waals surface area (Å²) in [6.45, 7) is 2.10. The van der Waals surface area contributed by atoms with Crippen molar-refractivity contribution in [3.05, 3.63) is 66.1 Å². The molecule has 0 fully saturated rings. The number of nitrogens with one attached hydrogen (secondary N) is 1. The first-order valence-corrected chi connectivity index (χ1v) is 7.40. The summed E-state index contributed by atoms with van der Waals surface area (Å²) in [7, 11) is 0. The number of fused-ring (bicyclic) bond motifs is 1. The van der Waals surface area contributed by atoms with E-state index >= 15 is 0 Å². The van der Waals surface area contributed by atoms with Gasteiger partial charge in [0, 0.05) is 28.2 Å². The van der Waals surface area contributed by atoms with Gasteiger partial charge in [-0.2, -0.15) is 0 Å². The Hall–Kier alpha value is -2.88. The van der Waals surface area contributed by atoms with Gasteiger partial charge in [-0.3, -0.25) is 0 Å². The fraction of sp³-hybridized carbons (Fsp3) is 0.105. The molecule has 3 rings (SSSR count). The second kappa shape index (κ2) is 6.48. The molecule has 0 radical (unpaired) electrons. The van der Waals surface area contributed by atoms with E-state index in [2.05, 4.69) is 4.98 Å². The lowest BCUT2D eigenvalue weighted by Crippen LogP contribution is -1.98. The summed E-state index contributed by atoms with van der Waals surface area (Å²) in [4.78, 5) is 14.8. The van der Waals surface area contributed by atoms with Gasteiger partial charge in [-0.05, 0) is 36.8 Å². The van der Waals surface area contributed by atoms with Gasteiger partial charge in [0.25, 0.3) is 0 Å². The summed E-state index contributed by atoms with van der Waals surface area (Å²) in [6, 6.07) is 14.1. The standard InChI is InChI=1S/C19H16FNO2/c1-2-23-18(22)12-11-17-19(13-7-9-14(20)10-8-13)15-5-3-4-6-16(15)21-17/h3-12,21H,2H2,1H3/b12-11+. The molecule has 3 aromatic rings. The number of esters is 1. The van der Waals surface area contributed by atoms with Crippen molar-refractivity contribution in [2.45, 2.75) is 6.92 Å². The minimum absolute atomic E-state index is 0.280. The molecule has 0 bridgehead atoms. The Morgan fingerprint density at radius 2 is 1.91 bits per heavy atom. The lowest BCUT2D eigenvalue weighted by Gasteiger charge is -2.02. The van der Waals surface area contributed by atoms with Gasteiger partial charge in [-0.1, -0.05) is 30.3 Å². The van der Waals surface area contributed by atoms with Crippen LogP contribution in [0.4, 0.5) is 4.39 Å². The first kappa shape index (κ1) is 15.0. The number of H-pyrrole nitrogens is 1. The quantitative estimate of drug-likeness (QED) is 0.567. The Bertz CT molecular complexity index is 863. The van der Waals surface area contributed by atoms with Crippen molar-refractivity contribution in [1.29, 1.82) is 0 Å². The number of para-hydroxylation sites is 1. The predicted octanol–water partition coefficient (Wildman–Crippen LogP) is 4.55. The van der Waals surface area contributed by atoms with Crippen molar-refractivity contribution in [2.24, 2.45) is 0 Å². The molecule has 2 aromatic carbocycles. The number of rotatable bonds is 4. The van der Waals surface area contributed by atoms with Gasteiger partial charge in [0.15, 0.2) is 0 Å². The van der Waals surface area contributed by atoms with E-state index < -0.39 is 5.97 Å². The molecule has 4 heteroatoms. The van der Waals surface area contributed by atoms with Crippen molar-refractivity contribution in [1.82, 2.24) is 4.98 Å². The van der Waals surface area contributed by atoms with Gasteiger partial charge in [0.05, 0.1) is 6.61 Å². The fourth-order valence-corrected chi connectivity index (χ4v) is 2.56. The molecular formula is C19H16FNO2. The highest BCUT2D eigenvalue weighted by Crippen LogP contribution is 2.33. The number of aromatic amines is 1. The van der Waals surface area contributed by atoms with Crippen molar-refractivity contribution in [2.75, 3.05) is 6.61 Å². The molecule has 1 aromatic heterocycles. The normalized spacial score (nSPS) is 11.2. The lowest BCUT2D eigenvalue weighted by atomic mass is 10.0. The topological polar surface area (TPSA) is 42.1 Å². The summed E-state index contributed by atoms with van der Waals surface area (Å²) in [5.74, 6) is -0.673. The number of ether oxygens (including phenoxy) is 1. The highest BCUT2D eigenvalue weighted by Gasteiger charge is 2.12. The summed E-state index contributed by atoms with van der Waals surface area (Å²) in [6.07, 6.45) is 3.08. The average molecular weight is 309 g/mol. The lowest BCUT2D eigenvalue weighted by molar-refractivity contribution is -0.137. The smallest absolute Gasteiger partial charge is 0.330 e. The molecule has 0 saturated carbocycles. The highest BCUT2D eigenvalue weighted by molar-refractivity contribution is 6.01. The maximum atomic E-state index is 13.2. The van der Waals surface area contributed by atoms with Crippen LogP contribution in [0.3, 0.4) is 0 Å². The van der Waals surface area contributed by atoms with Crippen LogP contribution in [0.25, 0.3) is 28.1 Å². The molecule has 0 amide bonds. The van der Waals surface area contributed by atoms with E-state index in [9.17, 15) is 9.18 Å². The molecule has 1 N–H and O–H groups in total. The molecule has 0 saturated heterocycles. The molecule has 0 unspecified atom stereocenters. The van der Waals surface area contributed by atoms with Crippen LogP contribution in [0.1, 0.15) is 12.6 Å². The molecule has 23 heavy (non-hydrogen) atoms. The van der Waals surface area contributed by atoms with Gasteiger partial charge in [0.1, 0.15) is 5.82 Å². The SMILES string of the molecule is CCOC(=O)/C=C/c1[nH]c2ccccc2c1-c1ccc(F)cc1. The number of aromatic nitrogens is 1. The zero-order chi connectivity index (χ0) is 16.2. The van der Waals surface area contributed by atoms with Gasteiger partial charge >= 0.3 is 5.97 Å². The highest BCUT2D eigenvalue weighted by atomic mass is 19.1. The first-order chi connectivity index (χ1) is 11.2. The molecule has 1 heterocycles. The number of hydrogen-bond acceptors (Lipinski definition) is 2. The Balaban J connectivity index is 2.11. The second-order valence-corrected chi connectivity index (χ2v) is 5.05. The van der Waals surface area contributed by atoms with Crippen molar-refractivity contribution in [3.8, 4) is 11.1 Å². The van der Waals surface area contributed by atoms with Gasteiger partial charge in [0.2, 0.25) is 0 Å². The maximum absolute atomic E-state index is 13.2. The van der Waals surface area contributed by atoms with E-state index in [1.165, 1.54) is 18.2 Å². The first-order valence-electron chi connectivity index (χ1n) is 7.40. The minimum Gasteiger partial charge on any atom is -0.463 e. The Morgan fingerprint density at radius 1 is 1.17 bits per heavy atom. The summed E-state index contributed by atoms with van der Waals surface area (Å²) in [5, 5.41) is 1.02. The largest absolute Gasteiger partial charge is 0.463 e. The van der Waals surface area contributed by atoms with Crippen LogP contribution in [0.5, 0.6) is 0 Å². The number of hydrogen-bond donors (Lipinski definition) is 1. The zero-order valence-electron chi connectivity index (χ0n) is 12.7. The Morgan fingerprint density at radius 3 is 2.65 bits per heavy atom. The molecule has 0 aliphatic rings. The van der Waals surface area contributed by atoms with E-state index in [1.807, 2.05) is 24.3 Å². The van der Waals surface area contributed by atoms with Crippen LogP contribution in [0.15, 0.2) is 54.6 Å². The van der Waals surface area contributed by atoms with Crippen LogP contribution in [0.2, 0.25) is 0 Å². The number of halogens is 1. The second-order valence-electron chi connectivity index (χ2n) is 5.05. The van der Waals surface area contributed by atoms with Gasteiger partial charge in [-0.15, -0.1) is 0 Å². The van der Waals surface area contributed by atoms with Crippen molar-refractivity contribution >= 4 is 22.9 Å².